The van der Waals surface area contributed by atoms with E-state index < -0.39 is 9.85 Å². The van der Waals surface area contributed by atoms with Crippen molar-refractivity contribution in [2.45, 2.75) is 140 Å². The van der Waals surface area contributed by atoms with Crippen LogP contribution in [0.2, 0.25) is 0 Å². The lowest BCUT2D eigenvalue weighted by Crippen LogP contribution is -1.93. The molecule has 0 saturated heterocycles. The van der Waals surface area contributed by atoms with Crippen LogP contribution in [0.4, 0.5) is 0 Å². The normalized spacial score (nSPS) is 4.88. The zero-order valence-electron chi connectivity index (χ0n) is 22.7. The Balaban J connectivity index is -0.0000000103. The Morgan fingerprint density at radius 1 is 0.697 bits per heavy atom. The smallest absolute Gasteiger partial charge is 0.230 e. The van der Waals surface area contributed by atoms with E-state index in [4.69, 9.17) is 20.6 Å². The van der Waals surface area contributed by atoms with Gasteiger partial charge in [-0.1, -0.05) is 120 Å². The quantitative estimate of drug-likeness (QED) is 0.230. The van der Waals surface area contributed by atoms with E-state index in [9.17, 15) is 10.1 Å². The van der Waals surface area contributed by atoms with Crippen molar-refractivity contribution in [2.24, 2.45) is 5.73 Å². The van der Waals surface area contributed by atoms with Crippen molar-refractivity contribution in [3.05, 3.63) is 32.5 Å². The zero-order chi connectivity index (χ0) is 26.7. The summed E-state index contributed by atoms with van der Waals surface area (Å²) in [7, 11) is 0.889. The van der Waals surface area contributed by atoms with Gasteiger partial charge >= 0.3 is 0 Å². The summed E-state index contributed by atoms with van der Waals surface area (Å²) in [5, 5.41) is 18.1. The van der Waals surface area contributed by atoms with E-state index in [0.717, 1.165) is 32.5 Å². The Morgan fingerprint density at radius 2 is 0.818 bits per heavy atom. The molecule has 0 atom stereocenters. The summed E-state index contributed by atoms with van der Waals surface area (Å²) >= 11 is 0. The molecule has 0 aromatic rings. The summed E-state index contributed by atoms with van der Waals surface area (Å²) < 4.78 is 0. The van der Waals surface area contributed by atoms with Crippen molar-refractivity contribution in [2.75, 3.05) is 13.6 Å². The maximum atomic E-state index is 9.32. The van der Waals surface area contributed by atoms with Crippen molar-refractivity contribution < 1.29 is 14.6 Å². The number of carbonyl (C=O) groups excluding carboxylic acids is 1. The fraction of sp³-hybridized carbons (Fsp3) is 0.880. The molecule has 0 rings (SSSR count). The number of nitrogens with two attached hydrogens (primary N) is 1. The fourth-order valence-electron chi connectivity index (χ4n) is 0.122. The van der Waals surface area contributed by atoms with Gasteiger partial charge in [0.2, 0.25) is 6.20 Å². The summed E-state index contributed by atoms with van der Waals surface area (Å²) in [4.78, 5) is 25.9. The molecule has 0 aliphatic heterocycles. The molecule has 2 N–H and O–H groups in total. The summed E-state index contributed by atoms with van der Waals surface area (Å²) in [6, 6.07) is 0. The largest absolute Gasteiger partial charge is 0.330 e. The van der Waals surface area contributed by atoms with Crippen LogP contribution in [0, 0.1) is 20.2 Å². The maximum absolute atomic E-state index is 9.32. The minimum Gasteiger partial charge on any atom is -0.330 e. The number of nitrogens with zero attached hydrogens (tertiary/aromatic N) is 2. The van der Waals surface area contributed by atoms with Crippen molar-refractivity contribution in [1.82, 2.24) is 0 Å². The topological polar surface area (TPSA) is 129 Å². The van der Waals surface area contributed by atoms with Crippen molar-refractivity contribution >= 4 is 6.29 Å². The van der Waals surface area contributed by atoms with E-state index >= 15 is 0 Å². The van der Waals surface area contributed by atoms with Crippen LogP contribution >= 0.6 is 0 Å². The summed E-state index contributed by atoms with van der Waals surface area (Å²) in [5.74, 6) is 0. The van der Waals surface area contributed by atoms with Gasteiger partial charge in [-0.05, 0) is 32.9 Å². The molecule has 0 aromatic heterocycles. The predicted molar refractivity (Wildman–Crippen MR) is 161 cm³/mol. The lowest BCUT2D eigenvalue weighted by Gasteiger charge is -1.70. The number of nitro groups is 2. The average Bonchev–Trinajstić information content (AvgIpc) is 2.77. The highest BCUT2D eigenvalue weighted by molar-refractivity contribution is 5.44. The number of hydrogen-bond donors (Lipinski definition) is 1. The number of rotatable bonds is 2. The molecule has 8 nitrogen and oxygen atoms in total. The third-order valence-electron chi connectivity index (χ3n) is 0.559. The van der Waals surface area contributed by atoms with Crippen LogP contribution in [0.3, 0.4) is 0 Å². The molecule has 0 aliphatic rings. The number of carbonyl (C=O) groups is 1. The molecule has 218 valence electrons. The van der Waals surface area contributed by atoms with Crippen molar-refractivity contribution in [3.8, 4) is 0 Å². The predicted octanol–water partition coefficient (Wildman–Crippen LogP) is 9.95. The molecule has 0 amide bonds. The van der Waals surface area contributed by atoms with Crippen LogP contribution in [0.1, 0.15) is 140 Å². The Morgan fingerprint density at radius 3 is 0.818 bits per heavy atom. The van der Waals surface area contributed by atoms with E-state index in [1.54, 1.807) is 6.92 Å². The van der Waals surface area contributed by atoms with Gasteiger partial charge in [0.05, 0.1) is 4.92 Å². The molecule has 8 heteroatoms. The van der Waals surface area contributed by atoms with Crippen LogP contribution in [0.25, 0.3) is 0 Å². The summed E-state index contributed by atoms with van der Waals surface area (Å²) in [6.45, 7) is 29.9. The van der Waals surface area contributed by atoms with Gasteiger partial charge in [0.1, 0.15) is 6.29 Å². The van der Waals surface area contributed by atoms with Gasteiger partial charge in [-0.25, -0.2) is 0 Å². The average molecular weight is 496 g/mol. The molecular weight excluding hydrogens is 422 g/mol. The number of aldehydes is 1. The standard InChI is InChI=1S/C3H5NO2.C3H9N.C2H4O.6C2H6.CH3NO2.4CH4/c1-2-3-4(5)6;1-2-3-4;1-2-3;6*1-2;1-2(3)4;;;;/h2-3H,1H3;2-4H2,1H3;2H,1H3;6*1-2H3;1H3;4*1H4. The van der Waals surface area contributed by atoms with Crippen molar-refractivity contribution in [1.29, 1.82) is 0 Å². The van der Waals surface area contributed by atoms with Crippen molar-refractivity contribution in [3.63, 3.8) is 0 Å². The minimum absolute atomic E-state index is 0. The molecule has 0 unspecified atom stereocenters. The molecule has 0 bridgehead atoms. The summed E-state index contributed by atoms with van der Waals surface area (Å²) in [6.07, 6.45) is 4.11. The SMILES string of the molecule is C.C.C.C.CC.CC.CC.CC.CC.CC.CC=C[N+](=O)[O-].CC=O.CCCN.C[N+](=O)[O-]. The minimum atomic E-state index is -0.500. The summed E-state index contributed by atoms with van der Waals surface area (Å²) in [5.41, 5.74) is 5.03. The van der Waals surface area contributed by atoms with E-state index in [2.05, 4.69) is 6.92 Å². The highest BCUT2D eigenvalue weighted by Gasteiger charge is 1.73. The second-order valence-electron chi connectivity index (χ2n) is 2.23. The van der Waals surface area contributed by atoms with Gasteiger partial charge in [0.25, 0.3) is 0 Å². The molecule has 0 heterocycles. The molecule has 33 heavy (non-hydrogen) atoms. The Hall–Kier alpha value is -1.83. The highest BCUT2D eigenvalue weighted by Crippen LogP contribution is 1.67. The Bertz CT molecular complexity index is 210. The Labute approximate surface area is 213 Å². The molecule has 0 fully saturated rings. The van der Waals surface area contributed by atoms with Crippen LogP contribution in [0.5, 0.6) is 0 Å². The molecule has 0 aliphatic carbocycles. The van der Waals surface area contributed by atoms with E-state index in [1.807, 2.05) is 83.1 Å². The van der Waals surface area contributed by atoms with Crippen LogP contribution in [0.15, 0.2) is 12.3 Å². The second kappa shape index (κ2) is 305. The van der Waals surface area contributed by atoms with E-state index in [-0.39, 0.29) is 29.7 Å². The lowest BCUT2D eigenvalue weighted by atomic mass is 10.5. The van der Waals surface area contributed by atoms with Crippen LogP contribution in [-0.4, -0.2) is 29.7 Å². The van der Waals surface area contributed by atoms with Gasteiger partial charge in [-0.3, -0.25) is 20.2 Å². The van der Waals surface area contributed by atoms with E-state index in [1.165, 1.54) is 13.0 Å². The number of allylic oxidation sites excluding steroid dienone is 1. The lowest BCUT2D eigenvalue weighted by molar-refractivity contribution is -0.445. The van der Waals surface area contributed by atoms with Gasteiger partial charge in [-0.2, -0.15) is 0 Å². The van der Waals surface area contributed by atoms with Gasteiger partial charge in [0, 0.05) is 4.92 Å². The Kier molecular flexibility index (Phi) is 890. The van der Waals surface area contributed by atoms with Crippen LogP contribution in [-0.2, 0) is 4.79 Å². The molecule has 0 aromatic carbocycles. The van der Waals surface area contributed by atoms with E-state index in [0.29, 0.717) is 0 Å². The fourth-order valence-corrected chi connectivity index (χ4v) is 0.122. The third kappa shape index (κ3) is 5080. The monoisotopic (exact) mass is 496 g/mol. The van der Waals surface area contributed by atoms with Gasteiger partial charge in [-0.15, -0.1) is 0 Å². The first-order valence-corrected chi connectivity index (χ1v) is 10.8. The van der Waals surface area contributed by atoms with Gasteiger partial charge < -0.3 is 10.5 Å². The zero-order valence-corrected chi connectivity index (χ0v) is 22.7. The third-order valence-corrected chi connectivity index (χ3v) is 0.559. The maximum Gasteiger partial charge on any atom is 0.230 e. The first kappa shape index (κ1) is 96.2. The first-order chi connectivity index (χ1) is 13.8. The van der Waals surface area contributed by atoms with Crippen LogP contribution < -0.4 is 5.73 Å². The van der Waals surface area contributed by atoms with Gasteiger partial charge in [0.15, 0.2) is 7.05 Å². The molecule has 0 radical (unpaired) electrons. The first-order valence-electron chi connectivity index (χ1n) is 10.8. The number of hydrogen-bond acceptors (Lipinski definition) is 6. The molecular formula is C25H73N3O5. The highest BCUT2D eigenvalue weighted by atomic mass is 16.6. The second-order valence-corrected chi connectivity index (χ2v) is 2.23. The molecule has 0 saturated carbocycles. The molecule has 0 spiro atoms.